The number of carbonyl (C=O) groups excluding carboxylic acids is 1. The molecule has 0 aliphatic heterocycles. The van der Waals surface area contributed by atoms with Gasteiger partial charge in [0.15, 0.2) is 11.5 Å². The maximum Gasteiger partial charge on any atom is 0.271 e. The van der Waals surface area contributed by atoms with Crippen LogP contribution in [0.2, 0.25) is 0 Å². The van der Waals surface area contributed by atoms with Gasteiger partial charge in [-0.2, -0.15) is 5.10 Å². The number of hydrazone groups is 1. The van der Waals surface area contributed by atoms with Crippen molar-refractivity contribution in [2.75, 3.05) is 13.7 Å². The third-order valence-corrected chi connectivity index (χ3v) is 5.41. The Bertz CT molecular complexity index is 1100. The summed E-state index contributed by atoms with van der Waals surface area (Å²) >= 11 is 7.01. The van der Waals surface area contributed by atoms with E-state index in [-0.39, 0.29) is 5.91 Å². The zero-order chi connectivity index (χ0) is 22.9. The van der Waals surface area contributed by atoms with Crippen molar-refractivity contribution in [2.45, 2.75) is 13.5 Å². The number of rotatable bonds is 9. The Balaban J connectivity index is 1.73. The van der Waals surface area contributed by atoms with Crippen molar-refractivity contribution in [2.24, 2.45) is 5.10 Å². The molecule has 8 heteroatoms. The average Bonchev–Trinajstić information content (AvgIpc) is 2.79. The van der Waals surface area contributed by atoms with Crippen LogP contribution in [-0.4, -0.2) is 25.8 Å². The average molecular weight is 562 g/mol. The Hall–Kier alpha value is -2.84. The SMILES string of the molecule is CCOc1ccc(C(=O)N/N=C/c2cc(Br)cc(Br)c2OCc2ccccc2)cc1OC. The fraction of sp³-hybridized carbons (Fsp3) is 0.167. The Morgan fingerprint density at radius 3 is 2.53 bits per heavy atom. The van der Waals surface area contributed by atoms with Crippen LogP contribution in [0.5, 0.6) is 17.2 Å². The highest BCUT2D eigenvalue weighted by atomic mass is 79.9. The van der Waals surface area contributed by atoms with E-state index >= 15 is 0 Å². The van der Waals surface area contributed by atoms with E-state index in [2.05, 4.69) is 42.4 Å². The number of hydrogen-bond acceptors (Lipinski definition) is 5. The lowest BCUT2D eigenvalue weighted by atomic mass is 10.2. The van der Waals surface area contributed by atoms with Gasteiger partial charge in [0.05, 0.1) is 24.4 Å². The van der Waals surface area contributed by atoms with Crippen molar-refractivity contribution < 1.29 is 19.0 Å². The van der Waals surface area contributed by atoms with E-state index in [4.69, 9.17) is 14.2 Å². The van der Waals surface area contributed by atoms with Crippen molar-refractivity contribution in [3.8, 4) is 17.2 Å². The van der Waals surface area contributed by atoms with Crippen LogP contribution in [0.4, 0.5) is 0 Å². The van der Waals surface area contributed by atoms with Crippen molar-refractivity contribution in [1.82, 2.24) is 5.43 Å². The number of amides is 1. The molecular formula is C24H22Br2N2O4. The van der Waals surface area contributed by atoms with Crippen molar-refractivity contribution in [3.63, 3.8) is 0 Å². The maximum atomic E-state index is 12.5. The van der Waals surface area contributed by atoms with Crippen LogP contribution in [0.25, 0.3) is 0 Å². The molecule has 0 fully saturated rings. The van der Waals surface area contributed by atoms with Gasteiger partial charge in [-0.15, -0.1) is 0 Å². The van der Waals surface area contributed by atoms with E-state index < -0.39 is 0 Å². The van der Waals surface area contributed by atoms with Gasteiger partial charge in [-0.05, 0) is 58.7 Å². The van der Waals surface area contributed by atoms with Crippen LogP contribution >= 0.6 is 31.9 Å². The summed E-state index contributed by atoms with van der Waals surface area (Å²) in [6, 6.07) is 18.6. The number of carbonyl (C=O) groups is 1. The fourth-order valence-corrected chi connectivity index (χ4v) is 4.24. The highest BCUT2D eigenvalue weighted by Crippen LogP contribution is 2.33. The molecule has 0 heterocycles. The Labute approximate surface area is 203 Å². The van der Waals surface area contributed by atoms with Crippen molar-refractivity contribution in [1.29, 1.82) is 0 Å². The van der Waals surface area contributed by atoms with Crippen molar-refractivity contribution >= 4 is 44.0 Å². The van der Waals surface area contributed by atoms with Gasteiger partial charge in [-0.3, -0.25) is 4.79 Å². The second-order valence-corrected chi connectivity index (χ2v) is 8.35. The molecule has 0 radical (unpaired) electrons. The molecule has 0 saturated carbocycles. The topological polar surface area (TPSA) is 69.2 Å². The van der Waals surface area contributed by atoms with Gasteiger partial charge in [-0.25, -0.2) is 5.43 Å². The fourth-order valence-electron chi connectivity index (χ4n) is 2.87. The van der Waals surface area contributed by atoms with Gasteiger partial charge in [0.2, 0.25) is 0 Å². The monoisotopic (exact) mass is 560 g/mol. The van der Waals surface area contributed by atoms with E-state index in [1.165, 1.54) is 7.11 Å². The molecule has 0 unspecified atom stereocenters. The number of benzene rings is 3. The molecule has 32 heavy (non-hydrogen) atoms. The molecule has 3 rings (SSSR count). The molecule has 6 nitrogen and oxygen atoms in total. The molecular weight excluding hydrogens is 540 g/mol. The Morgan fingerprint density at radius 1 is 1.03 bits per heavy atom. The summed E-state index contributed by atoms with van der Waals surface area (Å²) in [7, 11) is 1.53. The molecule has 0 aliphatic carbocycles. The molecule has 0 aliphatic rings. The van der Waals surface area contributed by atoms with Gasteiger partial charge in [-0.1, -0.05) is 46.3 Å². The minimum Gasteiger partial charge on any atom is -0.493 e. The summed E-state index contributed by atoms with van der Waals surface area (Å²) < 4.78 is 18.4. The zero-order valence-electron chi connectivity index (χ0n) is 17.6. The molecule has 0 bridgehead atoms. The van der Waals surface area contributed by atoms with Gasteiger partial charge in [0.1, 0.15) is 12.4 Å². The Morgan fingerprint density at radius 2 is 1.81 bits per heavy atom. The first-order chi connectivity index (χ1) is 15.5. The minimum absolute atomic E-state index is 0.372. The third kappa shape index (κ3) is 6.34. The zero-order valence-corrected chi connectivity index (χ0v) is 20.8. The Kier molecular flexibility index (Phi) is 8.70. The summed E-state index contributed by atoms with van der Waals surface area (Å²) in [6.45, 7) is 2.79. The predicted molar refractivity (Wildman–Crippen MR) is 132 cm³/mol. The number of nitrogens with zero attached hydrogens (tertiary/aromatic N) is 1. The second kappa shape index (κ2) is 11.7. The highest BCUT2D eigenvalue weighted by molar-refractivity contribution is 9.11. The summed E-state index contributed by atoms with van der Waals surface area (Å²) in [5.74, 6) is 1.31. The van der Waals surface area contributed by atoms with Crippen molar-refractivity contribution in [3.05, 3.63) is 86.3 Å². The molecule has 1 N–H and O–H groups in total. The van der Waals surface area contributed by atoms with Gasteiger partial charge < -0.3 is 14.2 Å². The van der Waals surface area contributed by atoms with E-state index in [9.17, 15) is 4.79 Å². The first-order valence-corrected chi connectivity index (χ1v) is 11.4. The molecule has 3 aromatic rings. The lowest BCUT2D eigenvalue weighted by Gasteiger charge is -2.12. The van der Waals surface area contributed by atoms with Crippen LogP contribution in [0.1, 0.15) is 28.4 Å². The van der Waals surface area contributed by atoms with Crippen LogP contribution in [-0.2, 0) is 6.61 Å². The number of nitrogens with one attached hydrogen (secondary N) is 1. The molecule has 166 valence electrons. The van der Waals surface area contributed by atoms with E-state index in [1.54, 1.807) is 24.4 Å². The highest BCUT2D eigenvalue weighted by Gasteiger charge is 2.12. The smallest absolute Gasteiger partial charge is 0.271 e. The summed E-state index contributed by atoms with van der Waals surface area (Å²) in [4.78, 5) is 12.5. The van der Waals surface area contributed by atoms with E-state index in [0.717, 1.165) is 14.5 Å². The summed E-state index contributed by atoms with van der Waals surface area (Å²) in [5, 5.41) is 4.11. The maximum absolute atomic E-state index is 12.5. The van der Waals surface area contributed by atoms with Crippen LogP contribution in [0, 0.1) is 0 Å². The number of hydrogen-bond donors (Lipinski definition) is 1. The lowest BCUT2D eigenvalue weighted by Crippen LogP contribution is -2.17. The van der Waals surface area contributed by atoms with Gasteiger partial charge in [0.25, 0.3) is 5.91 Å². The molecule has 3 aromatic carbocycles. The van der Waals surface area contributed by atoms with E-state index in [0.29, 0.717) is 41.6 Å². The first-order valence-electron chi connectivity index (χ1n) is 9.81. The molecule has 0 aromatic heterocycles. The molecule has 0 spiro atoms. The number of ether oxygens (including phenoxy) is 3. The predicted octanol–water partition coefficient (Wildman–Crippen LogP) is 5.96. The van der Waals surface area contributed by atoms with E-state index in [1.807, 2.05) is 49.4 Å². The van der Waals surface area contributed by atoms with Gasteiger partial charge in [0, 0.05) is 15.6 Å². The molecule has 1 amide bonds. The first kappa shape index (κ1) is 23.8. The van der Waals surface area contributed by atoms with Crippen LogP contribution in [0.15, 0.2) is 74.7 Å². The van der Waals surface area contributed by atoms with Crippen LogP contribution in [0.3, 0.4) is 0 Å². The standard InChI is InChI=1S/C24H22Br2N2O4/c1-3-31-21-10-9-17(12-22(21)30-2)24(29)28-27-14-18-11-19(25)13-20(26)23(18)32-15-16-7-5-4-6-8-16/h4-14H,3,15H2,1-2H3,(H,28,29)/b27-14+. The third-order valence-electron chi connectivity index (χ3n) is 4.36. The summed E-state index contributed by atoms with van der Waals surface area (Å²) in [5.41, 5.74) is 4.68. The van der Waals surface area contributed by atoms with Crippen LogP contribution < -0.4 is 19.6 Å². The number of methoxy groups -OCH3 is 1. The second-order valence-electron chi connectivity index (χ2n) is 6.58. The molecule has 0 saturated heterocycles. The lowest BCUT2D eigenvalue weighted by molar-refractivity contribution is 0.0954. The quantitative estimate of drug-likeness (QED) is 0.258. The normalized spacial score (nSPS) is 10.8. The summed E-state index contributed by atoms with van der Waals surface area (Å²) in [6.07, 6.45) is 1.54. The van der Waals surface area contributed by atoms with Gasteiger partial charge >= 0.3 is 0 Å². The minimum atomic E-state index is -0.372. The molecule has 0 atom stereocenters. The number of halogens is 2. The largest absolute Gasteiger partial charge is 0.493 e.